The van der Waals surface area contributed by atoms with Crippen molar-refractivity contribution < 1.29 is 9.47 Å². The minimum atomic E-state index is 0.135. The van der Waals surface area contributed by atoms with Crippen LogP contribution in [0.25, 0.3) is 0 Å². The summed E-state index contributed by atoms with van der Waals surface area (Å²) in [5, 5.41) is 8.47. The number of ether oxygens (including phenoxy) is 2. The fourth-order valence-electron chi connectivity index (χ4n) is 3.00. The maximum atomic E-state index is 6.34. The van der Waals surface area contributed by atoms with Gasteiger partial charge in [0.05, 0.1) is 24.8 Å². The van der Waals surface area contributed by atoms with Gasteiger partial charge in [-0.1, -0.05) is 11.6 Å². The van der Waals surface area contributed by atoms with Crippen molar-refractivity contribution in [2.75, 3.05) is 26.8 Å². The Morgan fingerprint density at radius 1 is 1.43 bits per heavy atom. The molecular weight excluding hydrogens is 290 g/mol. The molecular formula is C15H20ClN3O2. The van der Waals surface area contributed by atoms with Crippen LogP contribution in [-0.4, -0.2) is 32.5 Å². The molecule has 2 unspecified atom stereocenters. The van der Waals surface area contributed by atoms with Gasteiger partial charge in [0.15, 0.2) is 11.5 Å². The molecule has 1 aromatic rings. The second kappa shape index (κ2) is 6.12. The Labute approximate surface area is 129 Å². The van der Waals surface area contributed by atoms with E-state index in [2.05, 4.69) is 15.8 Å². The molecule has 2 aliphatic heterocycles. The van der Waals surface area contributed by atoms with Crippen molar-refractivity contribution in [2.24, 2.45) is 11.0 Å². The van der Waals surface area contributed by atoms with Gasteiger partial charge in [0.2, 0.25) is 0 Å². The van der Waals surface area contributed by atoms with E-state index in [1.54, 1.807) is 7.11 Å². The van der Waals surface area contributed by atoms with Gasteiger partial charge in [-0.25, -0.2) is 0 Å². The second-order valence-corrected chi connectivity index (χ2v) is 5.64. The Bertz CT molecular complexity index is 562. The Kier molecular flexibility index (Phi) is 4.22. The lowest BCUT2D eigenvalue weighted by molar-refractivity contribution is 0.310. The number of piperidine rings is 1. The van der Waals surface area contributed by atoms with Gasteiger partial charge in [-0.3, -0.25) is 0 Å². The third-order valence-corrected chi connectivity index (χ3v) is 4.28. The smallest absolute Gasteiger partial charge is 0.179 e. The molecule has 114 valence electrons. The number of halogens is 1. The lowest BCUT2D eigenvalue weighted by atomic mass is 9.87. The fraction of sp³-hybridized carbons (Fsp3) is 0.533. The standard InChI is InChI=1S/C15H20ClN3O2/c1-3-21-13-7-9(6-11(16)15(13)20-2)14-10-8-17-5-4-12(10)18-19-14/h6-7,10,14,17,19H,3-5,8H2,1-2H3. The highest BCUT2D eigenvalue weighted by atomic mass is 35.5. The third kappa shape index (κ3) is 2.68. The highest BCUT2D eigenvalue weighted by molar-refractivity contribution is 6.32. The molecule has 0 radical (unpaired) electrons. The highest BCUT2D eigenvalue weighted by Gasteiger charge is 2.35. The largest absolute Gasteiger partial charge is 0.491 e. The summed E-state index contributed by atoms with van der Waals surface area (Å²) >= 11 is 6.34. The van der Waals surface area contributed by atoms with E-state index in [9.17, 15) is 0 Å². The van der Waals surface area contributed by atoms with Crippen molar-refractivity contribution in [2.45, 2.75) is 19.4 Å². The molecule has 0 bridgehead atoms. The zero-order valence-corrected chi connectivity index (χ0v) is 13.0. The first kappa shape index (κ1) is 14.5. The van der Waals surface area contributed by atoms with E-state index >= 15 is 0 Å². The van der Waals surface area contributed by atoms with Crippen LogP contribution in [0.3, 0.4) is 0 Å². The average Bonchev–Trinajstić information content (AvgIpc) is 2.91. The molecule has 3 rings (SSSR count). The summed E-state index contributed by atoms with van der Waals surface area (Å²) < 4.78 is 11.0. The molecule has 2 heterocycles. The first-order chi connectivity index (χ1) is 10.2. The van der Waals surface area contributed by atoms with E-state index < -0.39 is 0 Å². The predicted octanol–water partition coefficient (Wildman–Crippen LogP) is 2.36. The summed E-state index contributed by atoms with van der Waals surface area (Å²) in [5.41, 5.74) is 5.56. The molecule has 1 fully saturated rings. The van der Waals surface area contributed by atoms with Crippen LogP contribution >= 0.6 is 11.6 Å². The fourth-order valence-corrected chi connectivity index (χ4v) is 3.30. The van der Waals surface area contributed by atoms with E-state index in [4.69, 9.17) is 21.1 Å². The molecule has 5 nitrogen and oxygen atoms in total. The van der Waals surface area contributed by atoms with Gasteiger partial charge in [0, 0.05) is 31.1 Å². The van der Waals surface area contributed by atoms with Gasteiger partial charge in [-0.15, -0.1) is 0 Å². The number of fused-ring (bicyclic) bond motifs is 1. The topological polar surface area (TPSA) is 54.9 Å². The van der Waals surface area contributed by atoms with Crippen LogP contribution in [0.2, 0.25) is 5.02 Å². The first-order valence-electron chi connectivity index (χ1n) is 7.27. The molecule has 0 aromatic heterocycles. The summed E-state index contributed by atoms with van der Waals surface area (Å²) in [6, 6.07) is 4.07. The Balaban J connectivity index is 1.92. The third-order valence-electron chi connectivity index (χ3n) is 3.99. The number of hydrogen-bond acceptors (Lipinski definition) is 5. The average molecular weight is 310 g/mol. The molecule has 2 aliphatic rings. The molecule has 0 spiro atoms. The summed E-state index contributed by atoms with van der Waals surface area (Å²) in [5.74, 6) is 1.64. The number of nitrogens with zero attached hydrogens (tertiary/aromatic N) is 1. The predicted molar refractivity (Wildman–Crippen MR) is 83.5 cm³/mol. The van der Waals surface area contributed by atoms with Crippen LogP contribution < -0.4 is 20.2 Å². The van der Waals surface area contributed by atoms with Gasteiger partial charge in [-0.05, 0) is 24.6 Å². The van der Waals surface area contributed by atoms with Crippen LogP contribution in [0.5, 0.6) is 11.5 Å². The van der Waals surface area contributed by atoms with Crippen molar-refractivity contribution in [3.05, 3.63) is 22.7 Å². The quantitative estimate of drug-likeness (QED) is 0.896. The van der Waals surface area contributed by atoms with Gasteiger partial charge in [-0.2, -0.15) is 5.10 Å². The summed E-state index contributed by atoms with van der Waals surface area (Å²) in [7, 11) is 1.60. The van der Waals surface area contributed by atoms with Crippen LogP contribution in [0.15, 0.2) is 17.2 Å². The Morgan fingerprint density at radius 3 is 3.05 bits per heavy atom. The molecule has 2 N–H and O–H groups in total. The zero-order valence-electron chi connectivity index (χ0n) is 12.3. The molecule has 1 aromatic carbocycles. The van der Waals surface area contributed by atoms with E-state index in [-0.39, 0.29) is 6.04 Å². The normalized spacial score (nSPS) is 24.0. The van der Waals surface area contributed by atoms with Crippen LogP contribution in [0, 0.1) is 5.92 Å². The van der Waals surface area contributed by atoms with Crippen LogP contribution in [-0.2, 0) is 0 Å². The summed E-state index contributed by atoms with van der Waals surface area (Å²) in [6.45, 7) is 4.45. The molecule has 1 saturated heterocycles. The molecule has 2 atom stereocenters. The van der Waals surface area contributed by atoms with Crippen molar-refractivity contribution >= 4 is 17.3 Å². The molecule has 21 heavy (non-hydrogen) atoms. The maximum Gasteiger partial charge on any atom is 0.179 e. The Hall–Kier alpha value is -1.46. The van der Waals surface area contributed by atoms with Gasteiger partial charge in [0.25, 0.3) is 0 Å². The van der Waals surface area contributed by atoms with E-state index in [0.29, 0.717) is 29.0 Å². The minimum absolute atomic E-state index is 0.135. The lowest BCUT2D eigenvalue weighted by Crippen LogP contribution is -2.38. The van der Waals surface area contributed by atoms with E-state index in [1.165, 1.54) is 5.71 Å². The number of hydrazone groups is 1. The van der Waals surface area contributed by atoms with Gasteiger partial charge in [0.1, 0.15) is 0 Å². The van der Waals surface area contributed by atoms with Crippen LogP contribution in [0.1, 0.15) is 24.9 Å². The minimum Gasteiger partial charge on any atom is -0.491 e. The van der Waals surface area contributed by atoms with E-state index in [0.717, 1.165) is 25.1 Å². The van der Waals surface area contributed by atoms with Crippen molar-refractivity contribution in [1.82, 2.24) is 10.7 Å². The highest BCUT2D eigenvalue weighted by Crippen LogP contribution is 2.40. The summed E-state index contributed by atoms with van der Waals surface area (Å²) in [6.07, 6.45) is 0.996. The van der Waals surface area contributed by atoms with Gasteiger partial charge >= 0.3 is 0 Å². The van der Waals surface area contributed by atoms with Crippen molar-refractivity contribution in [1.29, 1.82) is 0 Å². The molecule has 6 heteroatoms. The lowest BCUT2D eigenvalue weighted by Gasteiger charge is -2.26. The van der Waals surface area contributed by atoms with Crippen LogP contribution in [0.4, 0.5) is 0 Å². The molecule has 0 aliphatic carbocycles. The maximum absolute atomic E-state index is 6.34. The number of methoxy groups -OCH3 is 1. The molecule has 0 saturated carbocycles. The van der Waals surface area contributed by atoms with Crippen molar-refractivity contribution in [3.63, 3.8) is 0 Å². The number of benzene rings is 1. The number of rotatable bonds is 4. The Morgan fingerprint density at radius 2 is 2.29 bits per heavy atom. The van der Waals surface area contributed by atoms with Crippen molar-refractivity contribution in [3.8, 4) is 11.5 Å². The number of nitrogens with one attached hydrogen (secondary N) is 2. The first-order valence-corrected chi connectivity index (χ1v) is 7.65. The van der Waals surface area contributed by atoms with Gasteiger partial charge < -0.3 is 20.2 Å². The van der Waals surface area contributed by atoms with E-state index in [1.807, 2.05) is 19.1 Å². The second-order valence-electron chi connectivity index (χ2n) is 5.24. The SMILES string of the molecule is CCOc1cc(C2NN=C3CCNCC32)cc(Cl)c1OC. The summed E-state index contributed by atoms with van der Waals surface area (Å²) in [4.78, 5) is 0. The molecule has 0 amide bonds. The zero-order chi connectivity index (χ0) is 14.8. The monoisotopic (exact) mass is 309 g/mol. The number of hydrogen-bond donors (Lipinski definition) is 2.